The van der Waals surface area contributed by atoms with Crippen molar-refractivity contribution < 1.29 is 19.1 Å². The van der Waals surface area contributed by atoms with Crippen molar-refractivity contribution >= 4 is 52.1 Å². The Labute approximate surface area is 209 Å². The lowest BCUT2D eigenvalue weighted by Crippen LogP contribution is -2.45. The van der Waals surface area contributed by atoms with Gasteiger partial charge in [0.2, 0.25) is 5.91 Å². The van der Waals surface area contributed by atoms with E-state index in [0.717, 1.165) is 19.6 Å². The highest BCUT2D eigenvalue weighted by Crippen LogP contribution is 2.29. The van der Waals surface area contributed by atoms with E-state index in [0.29, 0.717) is 47.0 Å². The Bertz CT molecular complexity index is 1030. The van der Waals surface area contributed by atoms with Gasteiger partial charge >= 0.3 is 0 Å². The maximum absolute atomic E-state index is 13.5. The molecule has 1 atom stereocenters. The monoisotopic (exact) mass is 502 g/mol. The molecule has 2 amide bonds. The summed E-state index contributed by atoms with van der Waals surface area (Å²) in [7, 11) is 1.59. The molecule has 10 heteroatoms. The quantitative estimate of drug-likeness (QED) is 0.556. The second-order valence-electron chi connectivity index (χ2n) is 8.08. The molecule has 0 aromatic heterocycles. The third-order valence-corrected chi connectivity index (χ3v) is 6.59. The maximum atomic E-state index is 13.5. The van der Waals surface area contributed by atoms with E-state index in [1.54, 1.807) is 55.6 Å². The highest BCUT2D eigenvalue weighted by atomic mass is 35.5. The molecule has 2 aromatic carbocycles. The summed E-state index contributed by atoms with van der Waals surface area (Å²) in [5.74, 6) is 0.198. The Hall–Kier alpha value is -2.72. The lowest BCUT2D eigenvalue weighted by molar-refractivity contribution is -0.124. The molecule has 0 saturated carbocycles. The van der Waals surface area contributed by atoms with Crippen LogP contribution in [0.15, 0.2) is 48.5 Å². The first-order valence-electron chi connectivity index (χ1n) is 11.1. The molecule has 2 heterocycles. The second-order valence-corrected chi connectivity index (χ2v) is 8.88. The molecule has 0 aliphatic carbocycles. The van der Waals surface area contributed by atoms with E-state index in [9.17, 15) is 9.59 Å². The predicted molar refractivity (Wildman–Crippen MR) is 136 cm³/mol. The summed E-state index contributed by atoms with van der Waals surface area (Å²) < 4.78 is 10.7. The van der Waals surface area contributed by atoms with Crippen molar-refractivity contribution in [2.75, 3.05) is 56.7 Å². The lowest BCUT2D eigenvalue weighted by Gasteiger charge is -2.30. The van der Waals surface area contributed by atoms with Crippen LogP contribution in [-0.4, -0.2) is 79.3 Å². The summed E-state index contributed by atoms with van der Waals surface area (Å²) in [5, 5.41) is 3.82. The number of hydrogen-bond donors (Lipinski definition) is 1. The molecule has 0 radical (unpaired) electrons. The Kier molecular flexibility index (Phi) is 7.99. The van der Waals surface area contributed by atoms with Gasteiger partial charge < -0.3 is 19.7 Å². The molecule has 4 rings (SSSR count). The fraction of sp³-hybridized carbons (Fsp3) is 0.375. The van der Waals surface area contributed by atoms with Crippen molar-refractivity contribution in [3.05, 3.63) is 53.6 Å². The summed E-state index contributed by atoms with van der Waals surface area (Å²) in [6.45, 7) is 4.30. The van der Waals surface area contributed by atoms with Crippen molar-refractivity contribution in [3.63, 3.8) is 0 Å². The summed E-state index contributed by atoms with van der Waals surface area (Å²) in [6.07, 6.45) is -0.0165. The molecule has 180 valence electrons. The second kappa shape index (κ2) is 11.1. The smallest absolute Gasteiger partial charge is 0.256 e. The zero-order valence-corrected chi connectivity index (χ0v) is 20.5. The Balaban J connectivity index is 1.51. The van der Waals surface area contributed by atoms with E-state index in [1.165, 1.54) is 4.90 Å². The Morgan fingerprint density at radius 2 is 1.79 bits per heavy atom. The van der Waals surface area contributed by atoms with E-state index in [-0.39, 0.29) is 18.2 Å². The van der Waals surface area contributed by atoms with Crippen LogP contribution < -0.4 is 15.0 Å². The molecule has 8 nitrogen and oxygen atoms in total. The topological polar surface area (TPSA) is 74.4 Å². The van der Waals surface area contributed by atoms with Crippen molar-refractivity contribution in [1.82, 2.24) is 9.80 Å². The average molecular weight is 503 g/mol. The van der Waals surface area contributed by atoms with Crippen LogP contribution in [0.3, 0.4) is 0 Å². The van der Waals surface area contributed by atoms with Crippen LogP contribution in [0.5, 0.6) is 5.75 Å². The van der Waals surface area contributed by atoms with E-state index < -0.39 is 6.04 Å². The minimum absolute atomic E-state index is 0.0165. The van der Waals surface area contributed by atoms with Gasteiger partial charge in [-0.1, -0.05) is 11.6 Å². The number of carbonyl (C=O) groups is 2. The number of carbonyl (C=O) groups excluding carboxylic acids is 2. The van der Waals surface area contributed by atoms with Crippen LogP contribution in [0.2, 0.25) is 5.02 Å². The minimum atomic E-state index is -0.692. The number of halogens is 1. The van der Waals surface area contributed by atoms with Gasteiger partial charge in [-0.05, 0) is 60.7 Å². The fourth-order valence-electron chi connectivity index (χ4n) is 4.05. The summed E-state index contributed by atoms with van der Waals surface area (Å²) in [6, 6.07) is 13.3. The number of nitrogens with zero attached hydrogens (tertiary/aromatic N) is 3. The Morgan fingerprint density at radius 1 is 1.12 bits per heavy atom. The van der Waals surface area contributed by atoms with Crippen molar-refractivity contribution in [3.8, 4) is 5.75 Å². The summed E-state index contributed by atoms with van der Waals surface area (Å²) in [4.78, 5) is 32.0. The predicted octanol–water partition coefficient (Wildman–Crippen LogP) is 3.01. The van der Waals surface area contributed by atoms with Gasteiger partial charge in [-0.3, -0.25) is 19.4 Å². The molecule has 0 unspecified atom stereocenters. The van der Waals surface area contributed by atoms with E-state index in [2.05, 4.69) is 10.2 Å². The van der Waals surface area contributed by atoms with Crippen molar-refractivity contribution in [2.45, 2.75) is 12.5 Å². The molecule has 0 spiro atoms. The molecule has 2 aliphatic rings. The molecule has 2 aromatic rings. The number of methoxy groups -OCH3 is 1. The Morgan fingerprint density at radius 3 is 2.44 bits per heavy atom. The van der Waals surface area contributed by atoms with Gasteiger partial charge in [0.25, 0.3) is 5.91 Å². The van der Waals surface area contributed by atoms with Crippen molar-refractivity contribution in [1.29, 1.82) is 0 Å². The van der Waals surface area contributed by atoms with Crippen LogP contribution in [0, 0.1) is 0 Å². The van der Waals surface area contributed by atoms with Gasteiger partial charge in [0.1, 0.15) is 11.8 Å². The largest absolute Gasteiger partial charge is 0.497 e. The number of morpholine rings is 1. The van der Waals surface area contributed by atoms with Gasteiger partial charge in [0.15, 0.2) is 5.11 Å². The number of thiocarbonyl (C=S) groups is 1. The van der Waals surface area contributed by atoms with E-state index in [4.69, 9.17) is 33.3 Å². The van der Waals surface area contributed by atoms with Gasteiger partial charge in [-0.15, -0.1) is 0 Å². The van der Waals surface area contributed by atoms with E-state index >= 15 is 0 Å². The van der Waals surface area contributed by atoms with Crippen molar-refractivity contribution in [2.24, 2.45) is 0 Å². The average Bonchev–Trinajstić information content (AvgIpc) is 3.08. The SMILES string of the molecule is COc1ccc(N2C(=O)[C@H](CC(=O)Nc3ccc(Cl)cc3)N(CCN3CCOCC3)C2=S)cc1. The molecular formula is C24H27ClN4O4S. The number of rotatable bonds is 8. The summed E-state index contributed by atoms with van der Waals surface area (Å²) in [5.41, 5.74) is 1.27. The third kappa shape index (κ3) is 5.67. The normalized spacial score (nSPS) is 18.9. The summed E-state index contributed by atoms with van der Waals surface area (Å²) >= 11 is 11.7. The number of nitrogens with one attached hydrogen (secondary N) is 1. The highest BCUT2D eigenvalue weighted by molar-refractivity contribution is 7.80. The molecule has 34 heavy (non-hydrogen) atoms. The number of anilines is 2. The molecule has 2 fully saturated rings. The van der Waals surface area contributed by atoms with Crippen LogP contribution in [0.1, 0.15) is 6.42 Å². The fourth-order valence-corrected chi connectivity index (χ4v) is 4.59. The maximum Gasteiger partial charge on any atom is 0.256 e. The first-order valence-corrected chi connectivity index (χ1v) is 11.9. The molecule has 2 saturated heterocycles. The molecular weight excluding hydrogens is 476 g/mol. The van der Waals surface area contributed by atoms with Crippen LogP contribution in [-0.2, 0) is 14.3 Å². The van der Waals surface area contributed by atoms with Crippen LogP contribution in [0.4, 0.5) is 11.4 Å². The number of hydrogen-bond acceptors (Lipinski definition) is 6. The van der Waals surface area contributed by atoms with Crippen LogP contribution >= 0.6 is 23.8 Å². The zero-order chi connectivity index (χ0) is 24.1. The van der Waals surface area contributed by atoms with Gasteiger partial charge in [0.05, 0.1) is 32.4 Å². The zero-order valence-electron chi connectivity index (χ0n) is 18.9. The molecule has 1 N–H and O–H groups in total. The lowest BCUT2D eigenvalue weighted by atomic mass is 10.1. The molecule has 2 aliphatic heterocycles. The standard InChI is InChI=1S/C24H27ClN4O4S/c1-32-20-8-6-19(7-9-20)29-23(31)21(16-22(30)26-18-4-2-17(25)3-5-18)28(24(29)34)11-10-27-12-14-33-15-13-27/h2-9,21H,10-16H2,1H3,(H,26,30)/t21-/m0/s1. The van der Waals surface area contributed by atoms with Gasteiger partial charge in [0, 0.05) is 36.9 Å². The van der Waals surface area contributed by atoms with E-state index in [1.807, 2.05) is 4.90 Å². The molecule has 0 bridgehead atoms. The first kappa shape index (κ1) is 24.4. The highest BCUT2D eigenvalue weighted by Gasteiger charge is 2.44. The van der Waals surface area contributed by atoms with Gasteiger partial charge in [-0.25, -0.2) is 0 Å². The van der Waals surface area contributed by atoms with Gasteiger partial charge in [-0.2, -0.15) is 0 Å². The number of amides is 2. The minimum Gasteiger partial charge on any atom is -0.497 e. The third-order valence-electron chi connectivity index (χ3n) is 5.92. The van der Waals surface area contributed by atoms with Crippen LogP contribution in [0.25, 0.3) is 0 Å². The number of benzene rings is 2. The number of ether oxygens (including phenoxy) is 2. The first-order chi connectivity index (χ1) is 16.5.